The first-order chi connectivity index (χ1) is 28.2. The van der Waals surface area contributed by atoms with Crippen LogP contribution >= 0.6 is 0 Å². The van der Waals surface area contributed by atoms with E-state index in [4.69, 9.17) is 12.6 Å². The molecule has 279 valence electrons. The molecule has 0 aliphatic rings. The van der Waals surface area contributed by atoms with Gasteiger partial charge in [0.25, 0.3) is 0 Å². The molecule has 1 radical (unpaired) electrons. The average Bonchev–Trinajstić information content (AvgIpc) is 3.60. The first kappa shape index (κ1) is 32.5. The topological polar surface area (TPSA) is 38.9 Å². The maximum Gasteiger partial charge on any atom is 0.121 e. The Hall–Kier alpha value is -4.72. The Bertz CT molecular complexity index is 2850. The molecule has 8 aromatic rings. The van der Waals surface area contributed by atoms with E-state index in [2.05, 4.69) is 110 Å². The summed E-state index contributed by atoms with van der Waals surface area (Å²) in [5.41, 5.74) is 8.71. The average molecular weight is 935 g/mol. The molecule has 3 heterocycles. The van der Waals surface area contributed by atoms with Crippen molar-refractivity contribution in [2.75, 3.05) is 0 Å². The predicted octanol–water partition coefficient (Wildman–Crippen LogP) is 12.5. The van der Waals surface area contributed by atoms with Crippen LogP contribution in [0.2, 0.25) is 39.3 Å². The Morgan fingerprint density at radius 1 is 0.636 bits per heavy atom. The summed E-state index contributed by atoms with van der Waals surface area (Å²) in [6.07, 6.45) is 3.66. The maximum atomic E-state index is 8.38. The van der Waals surface area contributed by atoms with Gasteiger partial charge in [0.15, 0.2) is 0 Å². The fraction of sp³-hybridized carbons (Fsp3) is 0.184. The van der Waals surface area contributed by atoms with E-state index in [1.54, 1.807) is 24.4 Å². The van der Waals surface area contributed by atoms with Crippen LogP contribution in [0.15, 0.2) is 144 Å². The van der Waals surface area contributed by atoms with Crippen LogP contribution in [0.4, 0.5) is 0 Å². The van der Waals surface area contributed by atoms with Gasteiger partial charge in [0.2, 0.25) is 0 Å². The first-order valence-electron chi connectivity index (χ1n) is 21.2. The Labute approximate surface area is 350 Å². The van der Waals surface area contributed by atoms with Crippen molar-refractivity contribution >= 4 is 48.5 Å². The van der Waals surface area contributed by atoms with Crippen molar-refractivity contribution in [2.24, 2.45) is 0 Å². The summed E-state index contributed by atoms with van der Waals surface area (Å²) in [6.45, 7) is 17.6. The fourth-order valence-electron chi connectivity index (χ4n) is 6.31. The summed E-state index contributed by atoms with van der Waals surface area (Å²) in [4.78, 5) is 9.12. The van der Waals surface area contributed by atoms with E-state index < -0.39 is 22.0 Å². The number of furan rings is 1. The van der Waals surface area contributed by atoms with Crippen LogP contribution in [0.25, 0.3) is 66.7 Å². The zero-order chi connectivity index (χ0) is 43.3. The summed E-state index contributed by atoms with van der Waals surface area (Å²) in [6, 6.07) is 37.4. The SMILES string of the molecule is [2H]C(C)(C)c1ccnc(-c2[c-]ccc3c2oc2cc(-c4ccc([Si](C)(C)C)cc4)ccc23)c1.[2H]c1c([2H])c([2H])c(-c2cc[c-]c(-c3ccc([Si](C)(C)C)cn3)c2)c([2H])c1[2H].[Ir]. The van der Waals surface area contributed by atoms with Gasteiger partial charge in [-0.25, -0.2) is 0 Å². The number of hydrogen-bond acceptors (Lipinski definition) is 3. The van der Waals surface area contributed by atoms with Crippen molar-refractivity contribution < 1.29 is 32.7 Å². The Balaban J connectivity index is 0.000000205. The summed E-state index contributed by atoms with van der Waals surface area (Å²) in [7, 11) is -2.75. The molecule has 0 atom stereocenters. The third kappa shape index (κ3) is 9.06. The number of hydrogen-bond donors (Lipinski definition) is 0. The number of rotatable bonds is 7. The molecule has 0 amide bonds. The Morgan fingerprint density at radius 3 is 1.98 bits per heavy atom. The second kappa shape index (κ2) is 16.6. The summed E-state index contributed by atoms with van der Waals surface area (Å²) >= 11 is 0. The first-order valence-corrected chi connectivity index (χ1v) is 25.2. The van der Waals surface area contributed by atoms with E-state index in [1.165, 1.54) is 15.9 Å². The van der Waals surface area contributed by atoms with Crippen molar-refractivity contribution in [1.82, 2.24) is 9.97 Å². The molecule has 0 unspecified atom stereocenters. The molecule has 0 aliphatic carbocycles. The molecule has 55 heavy (non-hydrogen) atoms. The van der Waals surface area contributed by atoms with Crippen LogP contribution in [-0.2, 0) is 20.1 Å². The van der Waals surface area contributed by atoms with E-state index in [1.807, 2.05) is 50.4 Å². The van der Waals surface area contributed by atoms with Gasteiger partial charge in [-0.2, -0.15) is 0 Å². The van der Waals surface area contributed by atoms with Gasteiger partial charge in [0.05, 0.1) is 28.6 Å². The van der Waals surface area contributed by atoms with Crippen molar-refractivity contribution in [3.8, 4) is 44.8 Å². The van der Waals surface area contributed by atoms with Crippen molar-refractivity contribution in [3.05, 3.63) is 157 Å². The van der Waals surface area contributed by atoms with Gasteiger partial charge >= 0.3 is 0 Å². The van der Waals surface area contributed by atoms with Crippen molar-refractivity contribution in [2.45, 2.75) is 59.0 Å². The molecule has 3 aromatic heterocycles. The van der Waals surface area contributed by atoms with Gasteiger partial charge in [-0.1, -0.05) is 160 Å². The van der Waals surface area contributed by atoms with Crippen LogP contribution in [0.1, 0.15) is 33.5 Å². The van der Waals surface area contributed by atoms with Crippen LogP contribution < -0.4 is 10.4 Å². The van der Waals surface area contributed by atoms with Gasteiger partial charge in [-0.15, -0.1) is 53.6 Å². The fourth-order valence-corrected chi connectivity index (χ4v) is 8.52. The van der Waals surface area contributed by atoms with E-state index >= 15 is 0 Å². The third-order valence-electron chi connectivity index (χ3n) is 9.61. The van der Waals surface area contributed by atoms with E-state index in [9.17, 15) is 0 Å². The zero-order valence-corrected chi connectivity index (χ0v) is 36.9. The van der Waals surface area contributed by atoms with Crippen LogP contribution in [0, 0.1) is 12.1 Å². The molecule has 8 rings (SSSR count). The zero-order valence-electron chi connectivity index (χ0n) is 38.5. The standard InChI is InChI=1S/C29H28NOSi.C20H20NSi.Ir/c1-19(2)21-15-16-30-27(17-21)26-8-6-7-25-24-14-11-22(18-28(24)31-29(25)26)20-9-12-23(13-10-20)32(3,4)5;1-22(2,3)19-12-13-20(21-15-19)18-11-7-10-17(14-18)16-8-5-4-6-9-16;/h6-7,9-19H,1-5H3;4-10,12-15H,1-3H3;/q2*-1;/i19D;4D,5D,6D,8D,9D;. The summed E-state index contributed by atoms with van der Waals surface area (Å²) in [5, 5.41) is 4.85. The molecular weight excluding hydrogens is 881 g/mol. The van der Waals surface area contributed by atoms with Gasteiger partial charge in [0.1, 0.15) is 5.58 Å². The quantitative estimate of drug-likeness (QED) is 0.118. The van der Waals surface area contributed by atoms with Crippen LogP contribution in [-0.4, -0.2) is 26.1 Å². The second-order valence-electron chi connectivity index (χ2n) is 15.8. The molecule has 5 aromatic carbocycles. The minimum atomic E-state index is -1.44. The smallest absolute Gasteiger partial charge is 0.121 e. The molecule has 3 nitrogen and oxygen atoms in total. The van der Waals surface area contributed by atoms with Crippen molar-refractivity contribution in [1.29, 1.82) is 0 Å². The second-order valence-corrected chi connectivity index (χ2v) is 26.0. The normalized spacial score (nSPS) is 13.4. The number of aromatic nitrogens is 2. The minimum Gasteiger partial charge on any atom is -0.501 e. The van der Waals surface area contributed by atoms with E-state index in [0.29, 0.717) is 5.56 Å². The minimum absolute atomic E-state index is 0. The molecule has 0 saturated heterocycles. The molecule has 0 spiro atoms. The molecule has 0 aliphatic heterocycles. The van der Waals surface area contributed by atoms with Gasteiger partial charge in [-0.05, 0) is 51.3 Å². The van der Waals surface area contributed by atoms with Gasteiger partial charge < -0.3 is 14.4 Å². The van der Waals surface area contributed by atoms with Crippen molar-refractivity contribution in [3.63, 3.8) is 0 Å². The number of benzene rings is 5. The Kier molecular flexibility index (Phi) is 9.79. The maximum absolute atomic E-state index is 8.38. The Morgan fingerprint density at radius 2 is 1.31 bits per heavy atom. The molecule has 0 bridgehead atoms. The predicted molar refractivity (Wildman–Crippen MR) is 235 cm³/mol. The molecule has 0 N–H and O–H groups in total. The third-order valence-corrected chi connectivity index (χ3v) is 13.7. The van der Waals surface area contributed by atoms with E-state index in [0.717, 1.165) is 55.6 Å². The van der Waals surface area contributed by atoms with E-state index in [-0.39, 0.29) is 55.9 Å². The van der Waals surface area contributed by atoms with Crippen LogP contribution in [0.3, 0.4) is 0 Å². The molecular formula is C49H48IrN2OSi2-2. The van der Waals surface area contributed by atoms with Crippen LogP contribution in [0.5, 0.6) is 0 Å². The number of nitrogens with zero attached hydrogens (tertiary/aromatic N) is 2. The number of fused-ring (bicyclic) bond motifs is 3. The molecule has 0 fully saturated rings. The number of pyridine rings is 2. The summed E-state index contributed by atoms with van der Waals surface area (Å²) in [5.74, 6) is -0.695. The largest absolute Gasteiger partial charge is 0.501 e. The van der Waals surface area contributed by atoms with Gasteiger partial charge in [-0.3, -0.25) is 0 Å². The summed E-state index contributed by atoms with van der Waals surface area (Å²) < 4.78 is 54.5. The monoisotopic (exact) mass is 935 g/mol. The molecule has 0 saturated carbocycles. The molecule has 6 heteroatoms. The van der Waals surface area contributed by atoms with Gasteiger partial charge in [0, 0.05) is 39.3 Å².